The van der Waals surface area contributed by atoms with Crippen LogP contribution in [0.3, 0.4) is 0 Å². The molecule has 0 N–H and O–H groups in total. The van der Waals surface area contributed by atoms with E-state index in [1.165, 1.54) is 0 Å². The molecule has 0 spiro atoms. The fourth-order valence-corrected chi connectivity index (χ4v) is 7.98. The molecular formula is C16H28O8P2S2. The van der Waals surface area contributed by atoms with Gasteiger partial charge in [-0.05, 0) is 23.6 Å². The lowest BCUT2D eigenvalue weighted by Gasteiger charge is -2.37. The Morgan fingerprint density at radius 2 is 1.00 bits per heavy atom. The Morgan fingerprint density at radius 3 is 1.32 bits per heavy atom. The minimum atomic E-state index is -2.80. The van der Waals surface area contributed by atoms with Crippen molar-refractivity contribution in [3.05, 3.63) is 0 Å². The summed E-state index contributed by atoms with van der Waals surface area (Å²) < 4.78 is 46.9. The third kappa shape index (κ3) is 4.90. The lowest BCUT2D eigenvalue weighted by Crippen LogP contribution is -2.36. The van der Waals surface area contributed by atoms with Gasteiger partial charge in [0.1, 0.15) is 24.4 Å². The fourth-order valence-electron chi connectivity index (χ4n) is 3.24. The first-order chi connectivity index (χ1) is 13.0. The third-order valence-electron chi connectivity index (χ3n) is 4.95. The van der Waals surface area contributed by atoms with Gasteiger partial charge >= 0.3 is 13.4 Å². The molecule has 4 aliphatic rings. The zero-order valence-corrected chi connectivity index (χ0v) is 20.0. The zero-order valence-electron chi connectivity index (χ0n) is 16.5. The molecule has 4 aliphatic heterocycles. The summed E-state index contributed by atoms with van der Waals surface area (Å²) in [7, 11) is 0. The first-order valence-corrected chi connectivity index (χ1v) is 14.5. The van der Waals surface area contributed by atoms with Crippen molar-refractivity contribution in [1.29, 1.82) is 0 Å². The standard InChI is InChI=1S/C16H28O8P2S2/c1-15(2)7-19-25(27,20-8-15)23-11-5-17-14-12(6-18-13(11)14)24-26(28)21-9-16(3,4)10-22-26/h11-14H,5-10H2,1-4H3/t11-,12-,13+,14+/m0/s1. The van der Waals surface area contributed by atoms with Gasteiger partial charge in [-0.25, -0.2) is 0 Å². The van der Waals surface area contributed by atoms with Crippen molar-refractivity contribution < 1.29 is 36.6 Å². The number of rotatable bonds is 4. The largest absolute Gasteiger partial charge is 0.370 e. The van der Waals surface area contributed by atoms with E-state index in [4.69, 9.17) is 60.2 Å². The van der Waals surface area contributed by atoms with E-state index in [0.29, 0.717) is 39.6 Å². The second kappa shape index (κ2) is 7.84. The predicted molar refractivity (Wildman–Crippen MR) is 109 cm³/mol. The van der Waals surface area contributed by atoms with Crippen LogP contribution in [0.25, 0.3) is 0 Å². The second-order valence-corrected chi connectivity index (χ2v) is 15.1. The average molecular weight is 474 g/mol. The van der Waals surface area contributed by atoms with Crippen molar-refractivity contribution in [1.82, 2.24) is 0 Å². The van der Waals surface area contributed by atoms with Gasteiger partial charge < -0.3 is 36.6 Å². The molecule has 8 nitrogen and oxygen atoms in total. The molecule has 0 bridgehead atoms. The first-order valence-electron chi connectivity index (χ1n) is 9.37. The molecule has 4 heterocycles. The van der Waals surface area contributed by atoms with Crippen LogP contribution in [0.1, 0.15) is 27.7 Å². The van der Waals surface area contributed by atoms with E-state index in [9.17, 15) is 0 Å². The predicted octanol–water partition coefficient (Wildman–Crippen LogP) is 3.15. The van der Waals surface area contributed by atoms with Crippen LogP contribution in [-0.2, 0) is 60.2 Å². The summed E-state index contributed by atoms with van der Waals surface area (Å²) >= 11 is 11.0. The maximum Gasteiger partial charge on any atom is 0.327 e. The van der Waals surface area contributed by atoms with Crippen molar-refractivity contribution in [2.45, 2.75) is 52.1 Å². The van der Waals surface area contributed by atoms with Crippen LogP contribution >= 0.6 is 13.4 Å². The number of ether oxygens (including phenoxy) is 2. The summed E-state index contributed by atoms with van der Waals surface area (Å²) in [5.74, 6) is 0. The molecule has 162 valence electrons. The van der Waals surface area contributed by atoms with E-state index in [1.54, 1.807) is 0 Å². The Labute approximate surface area is 176 Å². The highest BCUT2D eigenvalue weighted by molar-refractivity contribution is 8.07. The van der Waals surface area contributed by atoms with E-state index in [1.807, 2.05) is 0 Å². The molecule has 4 atom stereocenters. The Hall–Kier alpha value is 0.980. The van der Waals surface area contributed by atoms with Gasteiger partial charge in [0.05, 0.1) is 39.6 Å². The molecule has 0 radical (unpaired) electrons. The molecule has 0 aromatic rings. The average Bonchev–Trinajstić information content (AvgIpc) is 3.18. The highest BCUT2D eigenvalue weighted by Crippen LogP contribution is 2.59. The molecule has 4 fully saturated rings. The topological polar surface area (TPSA) is 73.8 Å². The van der Waals surface area contributed by atoms with Crippen LogP contribution in [-0.4, -0.2) is 64.1 Å². The van der Waals surface area contributed by atoms with Crippen molar-refractivity contribution in [2.75, 3.05) is 39.6 Å². The van der Waals surface area contributed by atoms with Gasteiger partial charge in [-0.3, -0.25) is 0 Å². The van der Waals surface area contributed by atoms with Crippen LogP contribution < -0.4 is 0 Å². The van der Waals surface area contributed by atoms with E-state index < -0.39 is 13.4 Å². The lowest BCUT2D eigenvalue weighted by atomic mass is 9.97. The van der Waals surface area contributed by atoms with Crippen molar-refractivity contribution >= 4 is 37.1 Å². The third-order valence-corrected chi connectivity index (χ3v) is 9.57. The van der Waals surface area contributed by atoms with Gasteiger partial charge in [-0.2, -0.15) is 0 Å². The maximum atomic E-state index is 6.03. The Morgan fingerprint density at radius 1 is 0.679 bits per heavy atom. The van der Waals surface area contributed by atoms with Gasteiger partial charge in [-0.15, -0.1) is 0 Å². The molecule has 0 saturated carbocycles. The molecule has 28 heavy (non-hydrogen) atoms. The normalized spacial score (nSPS) is 40.9. The van der Waals surface area contributed by atoms with Gasteiger partial charge in [0.15, 0.2) is 0 Å². The molecular weight excluding hydrogens is 446 g/mol. The minimum Gasteiger partial charge on any atom is -0.370 e. The van der Waals surface area contributed by atoms with E-state index in [-0.39, 0.29) is 35.2 Å². The Kier molecular flexibility index (Phi) is 6.21. The van der Waals surface area contributed by atoms with E-state index in [0.717, 1.165) is 0 Å². The summed E-state index contributed by atoms with van der Waals surface area (Å²) in [5, 5.41) is 0. The van der Waals surface area contributed by atoms with Crippen LogP contribution in [0, 0.1) is 10.8 Å². The number of fused-ring (bicyclic) bond motifs is 1. The maximum absolute atomic E-state index is 6.03. The van der Waals surface area contributed by atoms with Crippen molar-refractivity contribution in [2.24, 2.45) is 10.8 Å². The Bertz CT molecular complexity index is 616. The quantitative estimate of drug-likeness (QED) is 0.568. The molecule has 0 unspecified atom stereocenters. The molecule has 4 rings (SSSR count). The van der Waals surface area contributed by atoms with Crippen molar-refractivity contribution in [3.63, 3.8) is 0 Å². The first kappa shape index (κ1) is 22.2. The van der Waals surface area contributed by atoms with Crippen LogP contribution in [0.4, 0.5) is 0 Å². The van der Waals surface area contributed by atoms with Gasteiger partial charge in [0.2, 0.25) is 0 Å². The molecule has 0 aliphatic carbocycles. The summed E-state index contributed by atoms with van der Waals surface area (Å²) in [4.78, 5) is 0. The molecule has 0 aromatic carbocycles. The second-order valence-electron chi connectivity index (χ2n) is 9.20. The van der Waals surface area contributed by atoms with Crippen LogP contribution in [0.5, 0.6) is 0 Å². The van der Waals surface area contributed by atoms with Gasteiger partial charge in [0.25, 0.3) is 0 Å². The number of hydrogen-bond acceptors (Lipinski definition) is 10. The monoisotopic (exact) mass is 474 g/mol. The molecule has 4 saturated heterocycles. The highest BCUT2D eigenvalue weighted by atomic mass is 32.5. The zero-order chi connectivity index (χ0) is 20.2. The summed E-state index contributed by atoms with van der Waals surface area (Å²) in [6, 6.07) is 0. The van der Waals surface area contributed by atoms with Crippen molar-refractivity contribution in [3.8, 4) is 0 Å². The summed E-state index contributed by atoms with van der Waals surface area (Å²) in [6.45, 7) is 5.33. The number of hydrogen-bond donors (Lipinski definition) is 0. The molecule has 0 amide bonds. The van der Waals surface area contributed by atoms with E-state index >= 15 is 0 Å². The van der Waals surface area contributed by atoms with Gasteiger partial charge in [0, 0.05) is 10.8 Å². The van der Waals surface area contributed by atoms with Gasteiger partial charge in [-0.1, -0.05) is 27.7 Å². The molecule has 0 aromatic heterocycles. The van der Waals surface area contributed by atoms with Crippen LogP contribution in [0.15, 0.2) is 0 Å². The lowest BCUT2D eigenvalue weighted by molar-refractivity contribution is -0.0279. The fraction of sp³-hybridized carbons (Fsp3) is 1.00. The SMILES string of the molecule is CC1(C)COP(=S)(O[C@H]2CO[C@H]3[C@@H]2OC[C@@H]3OP2(=S)OCC(C)(C)CO2)OC1. The minimum absolute atomic E-state index is 0.0702. The summed E-state index contributed by atoms with van der Waals surface area (Å²) in [5.41, 5.74) is -0.140. The highest BCUT2D eigenvalue weighted by Gasteiger charge is 2.53. The Balaban J connectivity index is 1.34. The summed E-state index contributed by atoms with van der Waals surface area (Å²) in [6.07, 6.45) is -1.35. The smallest absolute Gasteiger partial charge is 0.327 e. The van der Waals surface area contributed by atoms with Crippen LogP contribution in [0.2, 0.25) is 0 Å². The molecule has 12 heteroatoms. The van der Waals surface area contributed by atoms with E-state index in [2.05, 4.69) is 27.7 Å².